The van der Waals surface area contributed by atoms with Crippen molar-refractivity contribution in [3.05, 3.63) is 18.0 Å². The van der Waals surface area contributed by atoms with Crippen molar-refractivity contribution in [2.45, 2.75) is 0 Å². The van der Waals surface area contributed by atoms with Crippen LogP contribution in [0.25, 0.3) is 0 Å². The SMILES string of the molecule is COc1ccnc(C(N)=O)c1OC. The molecule has 0 saturated carbocycles. The summed E-state index contributed by atoms with van der Waals surface area (Å²) in [5.74, 6) is 0.0551. The number of rotatable bonds is 3. The molecule has 0 atom stereocenters. The van der Waals surface area contributed by atoms with Crippen LogP contribution in [-0.4, -0.2) is 25.1 Å². The average molecular weight is 182 g/mol. The normalized spacial score (nSPS) is 9.38. The summed E-state index contributed by atoms with van der Waals surface area (Å²) in [5.41, 5.74) is 5.15. The summed E-state index contributed by atoms with van der Waals surface area (Å²) in [7, 11) is 2.90. The van der Waals surface area contributed by atoms with E-state index in [9.17, 15) is 4.79 Å². The number of nitrogens with zero attached hydrogens (tertiary/aromatic N) is 1. The Hall–Kier alpha value is -1.78. The van der Waals surface area contributed by atoms with Gasteiger partial charge in [-0.2, -0.15) is 0 Å². The van der Waals surface area contributed by atoms with Gasteiger partial charge in [-0.25, -0.2) is 4.98 Å². The number of carbonyl (C=O) groups excluding carboxylic acids is 1. The van der Waals surface area contributed by atoms with Gasteiger partial charge >= 0.3 is 0 Å². The van der Waals surface area contributed by atoms with E-state index in [0.717, 1.165) is 0 Å². The first-order valence-electron chi connectivity index (χ1n) is 3.57. The molecule has 13 heavy (non-hydrogen) atoms. The molecule has 1 heterocycles. The molecule has 0 spiro atoms. The Morgan fingerprint density at radius 1 is 1.46 bits per heavy atom. The van der Waals surface area contributed by atoms with Gasteiger partial charge in [0.15, 0.2) is 17.2 Å². The molecule has 5 nitrogen and oxygen atoms in total. The average Bonchev–Trinajstić information content (AvgIpc) is 2.16. The zero-order chi connectivity index (χ0) is 9.84. The number of methoxy groups -OCH3 is 2. The molecular weight excluding hydrogens is 172 g/mol. The molecule has 0 radical (unpaired) electrons. The van der Waals surface area contributed by atoms with Gasteiger partial charge in [-0.3, -0.25) is 4.79 Å². The lowest BCUT2D eigenvalue weighted by molar-refractivity contribution is 0.0991. The molecule has 0 bridgehead atoms. The Balaban J connectivity index is 3.27. The minimum absolute atomic E-state index is 0.0712. The molecule has 1 aromatic rings. The first-order valence-corrected chi connectivity index (χ1v) is 3.57. The number of ether oxygens (including phenoxy) is 2. The maximum Gasteiger partial charge on any atom is 0.271 e. The van der Waals surface area contributed by atoms with E-state index >= 15 is 0 Å². The van der Waals surface area contributed by atoms with Crippen LogP contribution >= 0.6 is 0 Å². The number of carbonyl (C=O) groups is 1. The summed E-state index contributed by atoms with van der Waals surface area (Å²) >= 11 is 0. The van der Waals surface area contributed by atoms with E-state index in [0.29, 0.717) is 5.75 Å². The van der Waals surface area contributed by atoms with E-state index in [1.54, 1.807) is 6.07 Å². The van der Waals surface area contributed by atoms with Crippen LogP contribution in [0.15, 0.2) is 12.3 Å². The fourth-order valence-corrected chi connectivity index (χ4v) is 0.964. The maximum atomic E-state index is 10.9. The molecule has 0 unspecified atom stereocenters. The topological polar surface area (TPSA) is 74.4 Å². The maximum absolute atomic E-state index is 10.9. The van der Waals surface area contributed by atoms with Gasteiger partial charge in [0.2, 0.25) is 0 Å². The van der Waals surface area contributed by atoms with E-state index < -0.39 is 5.91 Å². The Kier molecular flexibility index (Phi) is 2.69. The zero-order valence-corrected chi connectivity index (χ0v) is 7.40. The van der Waals surface area contributed by atoms with Crippen molar-refractivity contribution in [2.24, 2.45) is 5.73 Å². The second kappa shape index (κ2) is 3.75. The van der Waals surface area contributed by atoms with Gasteiger partial charge in [0.25, 0.3) is 5.91 Å². The van der Waals surface area contributed by atoms with Crippen LogP contribution in [0.3, 0.4) is 0 Å². The molecule has 5 heteroatoms. The van der Waals surface area contributed by atoms with Crippen LogP contribution in [0.4, 0.5) is 0 Å². The van der Waals surface area contributed by atoms with E-state index in [-0.39, 0.29) is 11.4 Å². The number of aromatic nitrogens is 1. The van der Waals surface area contributed by atoms with Gasteiger partial charge in [-0.05, 0) is 0 Å². The molecule has 0 saturated heterocycles. The standard InChI is InChI=1S/C8H10N2O3/c1-12-5-3-4-10-6(8(9)11)7(5)13-2/h3-4H,1-2H3,(H2,9,11). The number of nitrogens with two attached hydrogens (primary N) is 1. The summed E-state index contributed by atoms with van der Waals surface area (Å²) in [6.07, 6.45) is 1.43. The molecule has 1 aromatic heterocycles. The highest BCUT2D eigenvalue weighted by Gasteiger charge is 2.14. The van der Waals surface area contributed by atoms with Crippen molar-refractivity contribution in [3.8, 4) is 11.5 Å². The van der Waals surface area contributed by atoms with Crippen molar-refractivity contribution in [2.75, 3.05) is 14.2 Å². The minimum atomic E-state index is -0.643. The first-order chi connectivity index (χ1) is 6.20. The van der Waals surface area contributed by atoms with E-state index in [1.165, 1.54) is 20.4 Å². The van der Waals surface area contributed by atoms with Crippen molar-refractivity contribution in [3.63, 3.8) is 0 Å². The largest absolute Gasteiger partial charge is 0.493 e. The third kappa shape index (κ3) is 1.69. The molecule has 0 aliphatic rings. The molecule has 1 rings (SSSR count). The Bertz CT molecular complexity index is 325. The molecule has 0 aromatic carbocycles. The molecule has 1 amide bonds. The molecule has 0 aliphatic heterocycles. The summed E-state index contributed by atoms with van der Waals surface area (Å²) in [5, 5.41) is 0. The summed E-state index contributed by atoms with van der Waals surface area (Å²) in [6.45, 7) is 0. The van der Waals surface area contributed by atoms with Crippen LogP contribution in [-0.2, 0) is 0 Å². The number of primary amides is 1. The molecule has 0 aliphatic carbocycles. The van der Waals surface area contributed by atoms with Crippen molar-refractivity contribution in [1.82, 2.24) is 4.98 Å². The zero-order valence-electron chi connectivity index (χ0n) is 7.40. The fraction of sp³-hybridized carbons (Fsp3) is 0.250. The minimum Gasteiger partial charge on any atom is -0.493 e. The van der Waals surface area contributed by atoms with E-state index in [4.69, 9.17) is 15.2 Å². The fourth-order valence-electron chi connectivity index (χ4n) is 0.964. The van der Waals surface area contributed by atoms with Crippen LogP contribution in [0.1, 0.15) is 10.5 Å². The second-order valence-electron chi connectivity index (χ2n) is 2.26. The van der Waals surface area contributed by atoms with E-state index in [1.807, 2.05) is 0 Å². The summed E-state index contributed by atoms with van der Waals surface area (Å²) in [4.78, 5) is 14.7. The monoisotopic (exact) mass is 182 g/mol. The van der Waals surface area contributed by atoms with Gasteiger partial charge < -0.3 is 15.2 Å². The lowest BCUT2D eigenvalue weighted by atomic mass is 10.3. The summed E-state index contributed by atoms with van der Waals surface area (Å²) < 4.78 is 9.89. The number of pyridine rings is 1. The van der Waals surface area contributed by atoms with Crippen molar-refractivity contribution >= 4 is 5.91 Å². The van der Waals surface area contributed by atoms with Crippen LogP contribution in [0.5, 0.6) is 11.5 Å². The summed E-state index contributed by atoms with van der Waals surface area (Å²) in [6, 6.07) is 1.59. The third-order valence-corrected chi connectivity index (χ3v) is 1.53. The number of amides is 1. The molecule has 0 fully saturated rings. The number of hydrogen-bond acceptors (Lipinski definition) is 4. The molecule has 70 valence electrons. The number of hydrogen-bond donors (Lipinski definition) is 1. The highest BCUT2D eigenvalue weighted by atomic mass is 16.5. The quantitative estimate of drug-likeness (QED) is 0.724. The van der Waals surface area contributed by atoms with Gasteiger partial charge in [0.05, 0.1) is 14.2 Å². The smallest absolute Gasteiger partial charge is 0.271 e. The van der Waals surface area contributed by atoms with Crippen LogP contribution in [0, 0.1) is 0 Å². The van der Waals surface area contributed by atoms with Crippen molar-refractivity contribution in [1.29, 1.82) is 0 Å². The highest BCUT2D eigenvalue weighted by molar-refractivity contribution is 5.94. The van der Waals surface area contributed by atoms with Gasteiger partial charge in [0, 0.05) is 12.3 Å². The first kappa shape index (κ1) is 9.31. The van der Waals surface area contributed by atoms with Crippen LogP contribution < -0.4 is 15.2 Å². The lowest BCUT2D eigenvalue weighted by Crippen LogP contribution is -2.14. The Morgan fingerprint density at radius 3 is 2.62 bits per heavy atom. The van der Waals surface area contributed by atoms with Crippen LogP contribution in [0.2, 0.25) is 0 Å². The van der Waals surface area contributed by atoms with E-state index in [2.05, 4.69) is 4.98 Å². The van der Waals surface area contributed by atoms with Crippen molar-refractivity contribution < 1.29 is 14.3 Å². The second-order valence-corrected chi connectivity index (χ2v) is 2.26. The predicted octanol–water partition coefficient (Wildman–Crippen LogP) is 0.198. The Morgan fingerprint density at radius 2 is 2.15 bits per heavy atom. The lowest BCUT2D eigenvalue weighted by Gasteiger charge is -2.08. The molecule has 2 N–H and O–H groups in total. The van der Waals surface area contributed by atoms with Gasteiger partial charge in [-0.15, -0.1) is 0 Å². The third-order valence-electron chi connectivity index (χ3n) is 1.53. The van der Waals surface area contributed by atoms with Gasteiger partial charge in [0.1, 0.15) is 0 Å². The van der Waals surface area contributed by atoms with Gasteiger partial charge in [-0.1, -0.05) is 0 Å². The Labute approximate surface area is 75.5 Å². The predicted molar refractivity (Wildman–Crippen MR) is 45.9 cm³/mol. The molecular formula is C8H10N2O3. The highest BCUT2D eigenvalue weighted by Crippen LogP contribution is 2.28.